The molecule has 0 saturated carbocycles. The zero-order valence-electron chi connectivity index (χ0n) is 16.8. The van der Waals surface area contributed by atoms with E-state index >= 15 is 0 Å². The molecule has 2 aliphatic heterocycles. The van der Waals surface area contributed by atoms with Gasteiger partial charge in [-0.2, -0.15) is 4.98 Å². The first-order valence-electron chi connectivity index (χ1n) is 10.2. The first kappa shape index (κ1) is 20.1. The van der Waals surface area contributed by atoms with Crippen LogP contribution in [0.15, 0.2) is 4.52 Å². The molecule has 2 aliphatic rings. The molecule has 0 aromatic carbocycles. The van der Waals surface area contributed by atoms with Crippen LogP contribution in [-0.4, -0.2) is 78.0 Å². The second kappa shape index (κ2) is 9.50. The Balaban J connectivity index is 1.34. The highest BCUT2D eigenvalue weighted by molar-refractivity contribution is 5.74. The Hall–Kier alpha value is -1.67. The fourth-order valence-corrected chi connectivity index (χ4v) is 3.59. The second-order valence-electron chi connectivity index (χ2n) is 8.03. The van der Waals surface area contributed by atoms with Gasteiger partial charge in [-0.25, -0.2) is 4.79 Å². The zero-order chi connectivity index (χ0) is 19.2. The molecule has 3 rings (SSSR count). The molecule has 1 aromatic heterocycles. The number of carbonyl (C=O) groups excluding carboxylic acids is 1. The SMILES string of the molecule is CC(C)c1nc(CCN(C)C(=O)NC2CCN(C[C@@H]3CCCO3)CC2)no1. The third-order valence-electron chi connectivity index (χ3n) is 5.40. The number of ether oxygens (including phenoxy) is 1. The van der Waals surface area contributed by atoms with E-state index < -0.39 is 0 Å². The first-order valence-corrected chi connectivity index (χ1v) is 10.2. The number of hydrogen-bond donors (Lipinski definition) is 1. The Kier molecular flexibility index (Phi) is 7.07. The first-order chi connectivity index (χ1) is 13.0. The molecule has 0 bridgehead atoms. The monoisotopic (exact) mass is 379 g/mol. The molecule has 8 nitrogen and oxygen atoms in total. The van der Waals surface area contributed by atoms with Crippen molar-refractivity contribution in [1.29, 1.82) is 0 Å². The summed E-state index contributed by atoms with van der Waals surface area (Å²) in [6, 6.07) is 0.221. The quantitative estimate of drug-likeness (QED) is 0.780. The molecule has 2 saturated heterocycles. The fraction of sp³-hybridized carbons (Fsp3) is 0.842. The summed E-state index contributed by atoms with van der Waals surface area (Å²) in [6.07, 6.45) is 5.36. The van der Waals surface area contributed by atoms with Gasteiger partial charge in [0.2, 0.25) is 5.89 Å². The van der Waals surface area contributed by atoms with E-state index in [0.717, 1.165) is 39.1 Å². The fourth-order valence-electron chi connectivity index (χ4n) is 3.59. The Morgan fingerprint density at radius 1 is 1.33 bits per heavy atom. The van der Waals surface area contributed by atoms with Gasteiger partial charge in [0.15, 0.2) is 5.82 Å². The smallest absolute Gasteiger partial charge is 0.317 e. The van der Waals surface area contributed by atoms with E-state index in [0.29, 0.717) is 30.8 Å². The van der Waals surface area contributed by atoms with Crippen molar-refractivity contribution in [3.63, 3.8) is 0 Å². The number of rotatable bonds is 7. The molecule has 3 heterocycles. The molecule has 1 N–H and O–H groups in total. The van der Waals surface area contributed by atoms with Crippen molar-refractivity contribution in [2.45, 2.75) is 64.0 Å². The van der Waals surface area contributed by atoms with Crippen LogP contribution in [0, 0.1) is 0 Å². The number of nitrogens with one attached hydrogen (secondary N) is 1. The molecule has 27 heavy (non-hydrogen) atoms. The lowest BCUT2D eigenvalue weighted by Crippen LogP contribution is -2.49. The maximum absolute atomic E-state index is 12.4. The van der Waals surface area contributed by atoms with E-state index in [-0.39, 0.29) is 18.0 Å². The van der Waals surface area contributed by atoms with E-state index in [1.54, 1.807) is 4.90 Å². The number of likely N-dealkylation sites (N-methyl/N-ethyl adjacent to an activating group) is 1. The molecule has 1 atom stereocenters. The highest BCUT2D eigenvalue weighted by atomic mass is 16.5. The predicted molar refractivity (Wildman–Crippen MR) is 102 cm³/mol. The average molecular weight is 380 g/mol. The summed E-state index contributed by atoms with van der Waals surface area (Å²) in [5, 5.41) is 7.13. The molecule has 0 spiro atoms. The van der Waals surface area contributed by atoms with E-state index in [4.69, 9.17) is 9.26 Å². The lowest BCUT2D eigenvalue weighted by molar-refractivity contribution is 0.0629. The number of urea groups is 1. The molecule has 0 aliphatic carbocycles. The topological polar surface area (TPSA) is 83.7 Å². The van der Waals surface area contributed by atoms with Crippen LogP contribution < -0.4 is 5.32 Å². The summed E-state index contributed by atoms with van der Waals surface area (Å²) in [7, 11) is 1.81. The van der Waals surface area contributed by atoms with E-state index in [9.17, 15) is 4.79 Å². The maximum atomic E-state index is 12.4. The number of likely N-dealkylation sites (tertiary alicyclic amines) is 1. The Bertz CT molecular complexity index is 592. The van der Waals surface area contributed by atoms with Gasteiger partial charge in [0.1, 0.15) is 0 Å². The number of piperidine rings is 1. The third-order valence-corrected chi connectivity index (χ3v) is 5.40. The van der Waals surface area contributed by atoms with Gasteiger partial charge in [-0.1, -0.05) is 19.0 Å². The van der Waals surface area contributed by atoms with Gasteiger partial charge in [-0.05, 0) is 25.7 Å². The van der Waals surface area contributed by atoms with Crippen molar-refractivity contribution < 1.29 is 14.1 Å². The minimum Gasteiger partial charge on any atom is -0.377 e. The molecular formula is C19H33N5O3. The summed E-state index contributed by atoms with van der Waals surface area (Å²) >= 11 is 0. The molecule has 8 heteroatoms. The maximum Gasteiger partial charge on any atom is 0.317 e. The van der Waals surface area contributed by atoms with E-state index in [1.807, 2.05) is 20.9 Å². The molecule has 0 unspecified atom stereocenters. The Labute approximate surface area is 161 Å². The summed E-state index contributed by atoms with van der Waals surface area (Å²) in [5.74, 6) is 1.52. The van der Waals surface area contributed by atoms with Gasteiger partial charge < -0.3 is 24.4 Å². The van der Waals surface area contributed by atoms with Crippen LogP contribution in [0.2, 0.25) is 0 Å². The van der Waals surface area contributed by atoms with Crippen molar-refractivity contribution in [2.24, 2.45) is 0 Å². The summed E-state index contributed by atoms with van der Waals surface area (Å²) in [5.41, 5.74) is 0. The molecule has 152 valence electrons. The zero-order valence-corrected chi connectivity index (χ0v) is 16.8. The summed E-state index contributed by atoms with van der Waals surface area (Å²) in [6.45, 7) is 8.59. The Morgan fingerprint density at radius 3 is 2.74 bits per heavy atom. The van der Waals surface area contributed by atoms with Crippen molar-refractivity contribution >= 4 is 6.03 Å². The van der Waals surface area contributed by atoms with Crippen molar-refractivity contribution in [3.8, 4) is 0 Å². The predicted octanol–water partition coefficient (Wildman–Crippen LogP) is 2.02. The van der Waals surface area contributed by atoms with Gasteiger partial charge >= 0.3 is 6.03 Å². The molecule has 0 radical (unpaired) electrons. The highest BCUT2D eigenvalue weighted by Crippen LogP contribution is 2.17. The standard InChI is InChI=1S/C19H33N5O3/c1-14(2)18-21-17(22-27-18)8-9-23(3)19(25)20-15-6-10-24(11-7-15)13-16-5-4-12-26-16/h14-16H,4-13H2,1-3H3,(H,20,25)/t16-/m0/s1. The molecule has 2 amide bonds. The summed E-state index contributed by atoms with van der Waals surface area (Å²) < 4.78 is 10.9. The van der Waals surface area contributed by atoms with Crippen molar-refractivity contribution in [2.75, 3.05) is 39.8 Å². The van der Waals surface area contributed by atoms with Gasteiger partial charge in [-0.15, -0.1) is 0 Å². The van der Waals surface area contributed by atoms with Crippen molar-refractivity contribution in [1.82, 2.24) is 25.3 Å². The van der Waals surface area contributed by atoms with Gasteiger partial charge in [0.05, 0.1) is 6.10 Å². The van der Waals surface area contributed by atoms with Crippen LogP contribution in [0.1, 0.15) is 57.2 Å². The second-order valence-corrected chi connectivity index (χ2v) is 8.03. The number of aromatic nitrogens is 2. The van der Waals surface area contributed by atoms with Crippen LogP contribution in [0.25, 0.3) is 0 Å². The van der Waals surface area contributed by atoms with Gasteiger partial charge in [0.25, 0.3) is 0 Å². The highest BCUT2D eigenvalue weighted by Gasteiger charge is 2.25. The Morgan fingerprint density at radius 2 is 2.11 bits per heavy atom. The van der Waals surface area contributed by atoms with Gasteiger partial charge in [0, 0.05) is 58.2 Å². The molecule has 2 fully saturated rings. The van der Waals surface area contributed by atoms with E-state index in [1.165, 1.54) is 12.8 Å². The van der Waals surface area contributed by atoms with Crippen LogP contribution in [0.4, 0.5) is 4.79 Å². The lowest BCUT2D eigenvalue weighted by atomic mass is 10.0. The minimum absolute atomic E-state index is 0.0276. The van der Waals surface area contributed by atoms with E-state index in [2.05, 4.69) is 20.4 Å². The number of hydrogen-bond acceptors (Lipinski definition) is 6. The molecule has 1 aromatic rings. The van der Waals surface area contributed by atoms with Crippen molar-refractivity contribution in [3.05, 3.63) is 11.7 Å². The number of carbonyl (C=O) groups is 1. The average Bonchev–Trinajstić information content (AvgIpc) is 3.33. The van der Waals surface area contributed by atoms with Crippen LogP contribution in [0.3, 0.4) is 0 Å². The van der Waals surface area contributed by atoms with Crippen LogP contribution in [0.5, 0.6) is 0 Å². The van der Waals surface area contributed by atoms with Crippen LogP contribution in [-0.2, 0) is 11.2 Å². The normalized spacial score (nSPS) is 21.7. The number of amides is 2. The van der Waals surface area contributed by atoms with Crippen LogP contribution >= 0.6 is 0 Å². The van der Waals surface area contributed by atoms with Gasteiger partial charge in [-0.3, -0.25) is 0 Å². The number of nitrogens with zero attached hydrogens (tertiary/aromatic N) is 4. The largest absolute Gasteiger partial charge is 0.377 e. The molecular weight excluding hydrogens is 346 g/mol. The third kappa shape index (κ3) is 5.90. The summed E-state index contributed by atoms with van der Waals surface area (Å²) in [4.78, 5) is 20.9. The minimum atomic E-state index is -0.0276. The lowest BCUT2D eigenvalue weighted by Gasteiger charge is -2.34.